The highest BCUT2D eigenvalue weighted by Gasteiger charge is 2.27. The van der Waals surface area contributed by atoms with Crippen LogP contribution in [0.1, 0.15) is 12.0 Å². The SMILES string of the molecule is O=C(Cc1ccc(-c2ccccc2)cc1)NC1CCOC1=O. The van der Waals surface area contributed by atoms with E-state index in [1.165, 1.54) is 0 Å². The van der Waals surface area contributed by atoms with E-state index in [1.807, 2.05) is 54.6 Å². The highest BCUT2D eigenvalue weighted by molar-refractivity contribution is 5.86. The van der Waals surface area contributed by atoms with Crippen LogP contribution in [0, 0.1) is 0 Å². The Balaban J connectivity index is 1.61. The summed E-state index contributed by atoms with van der Waals surface area (Å²) in [7, 11) is 0. The van der Waals surface area contributed by atoms with E-state index < -0.39 is 6.04 Å². The average molecular weight is 295 g/mol. The van der Waals surface area contributed by atoms with Gasteiger partial charge in [-0.15, -0.1) is 0 Å². The van der Waals surface area contributed by atoms with Crippen LogP contribution in [-0.4, -0.2) is 24.5 Å². The molecule has 1 atom stereocenters. The van der Waals surface area contributed by atoms with Crippen molar-refractivity contribution in [2.75, 3.05) is 6.61 Å². The van der Waals surface area contributed by atoms with Gasteiger partial charge in [0, 0.05) is 6.42 Å². The summed E-state index contributed by atoms with van der Waals surface area (Å²) in [6.07, 6.45) is 0.816. The van der Waals surface area contributed by atoms with Crippen molar-refractivity contribution < 1.29 is 14.3 Å². The molecule has 1 aliphatic heterocycles. The summed E-state index contributed by atoms with van der Waals surface area (Å²) < 4.78 is 4.83. The number of cyclic esters (lactones) is 1. The number of benzene rings is 2. The molecule has 0 radical (unpaired) electrons. The Morgan fingerprint density at radius 3 is 2.36 bits per heavy atom. The standard InChI is InChI=1S/C18H17NO3/c20-17(19-16-10-11-22-18(16)21)12-13-6-8-15(9-7-13)14-4-2-1-3-5-14/h1-9,16H,10-12H2,(H,19,20). The number of rotatable bonds is 4. The molecule has 22 heavy (non-hydrogen) atoms. The maximum absolute atomic E-state index is 12.0. The molecule has 1 amide bonds. The van der Waals surface area contributed by atoms with Gasteiger partial charge >= 0.3 is 5.97 Å². The first-order valence-electron chi connectivity index (χ1n) is 7.33. The second kappa shape index (κ2) is 6.43. The summed E-state index contributed by atoms with van der Waals surface area (Å²) in [6.45, 7) is 0.384. The van der Waals surface area contributed by atoms with E-state index in [2.05, 4.69) is 5.32 Å². The Bertz CT molecular complexity index is 664. The van der Waals surface area contributed by atoms with Crippen LogP contribution in [0.25, 0.3) is 11.1 Å². The van der Waals surface area contributed by atoms with Gasteiger partial charge in [-0.05, 0) is 16.7 Å². The molecule has 4 heteroatoms. The summed E-state index contributed by atoms with van der Waals surface area (Å²) in [5.74, 6) is -0.496. The normalized spacial score (nSPS) is 17.1. The molecule has 0 saturated carbocycles. The highest BCUT2D eigenvalue weighted by Crippen LogP contribution is 2.19. The number of ether oxygens (including phenoxy) is 1. The van der Waals surface area contributed by atoms with Crippen LogP contribution in [-0.2, 0) is 20.7 Å². The zero-order valence-corrected chi connectivity index (χ0v) is 12.1. The molecule has 3 rings (SSSR count). The van der Waals surface area contributed by atoms with Crippen molar-refractivity contribution in [2.45, 2.75) is 18.9 Å². The zero-order valence-electron chi connectivity index (χ0n) is 12.1. The number of carbonyl (C=O) groups excluding carboxylic acids is 2. The number of amides is 1. The van der Waals surface area contributed by atoms with Crippen molar-refractivity contribution in [1.82, 2.24) is 5.32 Å². The largest absolute Gasteiger partial charge is 0.464 e. The molecule has 1 heterocycles. The number of hydrogen-bond acceptors (Lipinski definition) is 3. The Hall–Kier alpha value is -2.62. The number of esters is 1. The van der Waals surface area contributed by atoms with Gasteiger partial charge in [-0.2, -0.15) is 0 Å². The molecule has 0 aliphatic carbocycles. The molecule has 1 saturated heterocycles. The van der Waals surface area contributed by atoms with Gasteiger partial charge in [-0.1, -0.05) is 54.6 Å². The Labute approximate surface area is 129 Å². The van der Waals surface area contributed by atoms with Crippen LogP contribution < -0.4 is 5.32 Å². The third-order valence-corrected chi connectivity index (χ3v) is 3.70. The maximum atomic E-state index is 12.0. The molecule has 2 aromatic carbocycles. The number of nitrogens with one attached hydrogen (secondary N) is 1. The van der Waals surface area contributed by atoms with E-state index in [-0.39, 0.29) is 18.3 Å². The van der Waals surface area contributed by atoms with Crippen LogP contribution in [0.2, 0.25) is 0 Å². The number of carbonyl (C=O) groups is 2. The Morgan fingerprint density at radius 1 is 1.05 bits per heavy atom. The summed E-state index contributed by atoms with van der Waals surface area (Å²) in [5.41, 5.74) is 3.18. The number of hydrogen-bond donors (Lipinski definition) is 1. The fourth-order valence-electron chi connectivity index (χ4n) is 2.50. The third kappa shape index (κ3) is 3.34. The van der Waals surface area contributed by atoms with E-state index in [1.54, 1.807) is 0 Å². The Morgan fingerprint density at radius 2 is 1.73 bits per heavy atom. The highest BCUT2D eigenvalue weighted by atomic mass is 16.5. The van der Waals surface area contributed by atoms with E-state index in [0.29, 0.717) is 13.0 Å². The quantitative estimate of drug-likeness (QED) is 0.881. The van der Waals surface area contributed by atoms with E-state index >= 15 is 0 Å². The second-order valence-electron chi connectivity index (χ2n) is 5.32. The van der Waals surface area contributed by atoms with Gasteiger partial charge in [0.15, 0.2) is 0 Å². The van der Waals surface area contributed by atoms with E-state index in [9.17, 15) is 9.59 Å². The lowest BCUT2D eigenvalue weighted by molar-refractivity contribution is -0.141. The van der Waals surface area contributed by atoms with Gasteiger partial charge in [0.2, 0.25) is 5.91 Å². The topological polar surface area (TPSA) is 55.4 Å². The fraction of sp³-hybridized carbons (Fsp3) is 0.222. The van der Waals surface area contributed by atoms with Crippen LogP contribution in [0.5, 0.6) is 0 Å². The minimum atomic E-state index is -0.490. The van der Waals surface area contributed by atoms with Crippen molar-refractivity contribution in [2.24, 2.45) is 0 Å². The molecule has 1 fully saturated rings. The van der Waals surface area contributed by atoms with Crippen LogP contribution in [0.4, 0.5) is 0 Å². The van der Waals surface area contributed by atoms with Crippen molar-refractivity contribution in [1.29, 1.82) is 0 Å². The molecular weight excluding hydrogens is 278 g/mol. The first kappa shape index (κ1) is 14.3. The molecule has 0 bridgehead atoms. The van der Waals surface area contributed by atoms with E-state index in [0.717, 1.165) is 16.7 Å². The van der Waals surface area contributed by atoms with Gasteiger partial charge in [0.05, 0.1) is 13.0 Å². The molecule has 4 nitrogen and oxygen atoms in total. The monoisotopic (exact) mass is 295 g/mol. The van der Waals surface area contributed by atoms with Crippen LogP contribution >= 0.6 is 0 Å². The van der Waals surface area contributed by atoms with Crippen molar-refractivity contribution in [3.8, 4) is 11.1 Å². The third-order valence-electron chi connectivity index (χ3n) is 3.70. The molecular formula is C18H17NO3. The Kier molecular flexibility index (Phi) is 4.19. The van der Waals surface area contributed by atoms with Gasteiger partial charge in [0.1, 0.15) is 6.04 Å². The van der Waals surface area contributed by atoms with Crippen LogP contribution in [0.3, 0.4) is 0 Å². The van der Waals surface area contributed by atoms with Crippen molar-refractivity contribution in [3.63, 3.8) is 0 Å². The molecule has 1 aliphatic rings. The summed E-state index contributed by atoms with van der Waals surface area (Å²) in [5, 5.41) is 2.71. The van der Waals surface area contributed by atoms with Crippen LogP contribution in [0.15, 0.2) is 54.6 Å². The molecule has 2 aromatic rings. The first-order valence-corrected chi connectivity index (χ1v) is 7.33. The molecule has 1 unspecified atom stereocenters. The average Bonchev–Trinajstić information content (AvgIpc) is 2.94. The minimum absolute atomic E-state index is 0.156. The van der Waals surface area contributed by atoms with Crippen molar-refractivity contribution >= 4 is 11.9 Å². The summed E-state index contributed by atoms with van der Waals surface area (Å²) >= 11 is 0. The van der Waals surface area contributed by atoms with Gasteiger partial charge in [0.25, 0.3) is 0 Å². The fourth-order valence-corrected chi connectivity index (χ4v) is 2.50. The molecule has 112 valence electrons. The molecule has 0 aromatic heterocycles. The second-order valence-corrected chi connectivity index (χ2v) is 5.32. The summed E-state index contributed by atoms with van der Waals surface area (Å²) in [4.78, 5) is 23.3. The van der Waals surface area contributed by atoms with Gasteiger partial charge < -0.3 is 10.1 Å². The first-order chi connectivity index (χ1) is 10.7. The van der Waals surface area contributed by atoms with Gasteiger partial charge in [-0.3, -0.25) is 4.79 Å². The zero-order chi connectivity index (χ0) is 15.4. The lowest BCUT2D eigenvalue weighted by Crippen LogP contribution is -2.38. The minimum Gasteiger partial charge on any atom is -0.464 e. The summed E-state index contributed by atoms with van der Waals surface area (Å²) in [6, 6.07) is 17.5. The predicted molar refractivity (Wildman–Crippen MR) is 83.1 cm³/mol. The lowest BCUT2D eigenvalue weighted by atomic mass is 10.0. The van der Waals surface area contributed by atoms with Gasteiger partial charge in [-0.25, -0.2) is 4.79 Å². The molecule has 1 N–H and O–H groups in total. The maximum Gasteiger partial charge on any atom is 0.328 e. The molecule has 0 spiro atoms. The van der Waals surface area contributed by atoms with E-state index in [4.69, 9.17) is 4.74 Å². The predicted octanol–water partition coefficient (Wildman–Crippen LogP) is 2.33. The lowest BCUT2D eigenvalue weighted by Gasteiger charge is -2.09. The smallest absolute Gasteiger partial charge is 0.328 e. The van der Waals surface area contributed by atoms with Crippen molar-refractivity contribution in [3.05, 3.63) is 60.2 Å².